The van der Waals surface area contributed by atoms with Gasteiger partial charge in [0.15, 0.2) is 0 Å². The number of aliphatic carboxylic acids is 1. The summed E-state index contributed by atoms with van der Waals surface area (Å²) in [6.45, 7) is 1.67. The number of aryl methyl sites for hydroxylation is 1. The predicted molar refractivity (Wildman–Crippen MR) is 83.5 cm³/mol. The zero-order valence-corrected chi connectivity index (χ0v) is 13.2. The number of hydrogen-bond donors (Lipinski definition) is 3. The van der Waals surface area contributed by atoms with Crippen molar-refractivity contribution in [3.05, 3.63) is 34.2 Å². The monoisotopic (exact) mass is 321 g/mol. The molecule has 0 bridgehead atoms. The van der Waals surface area contributed by atoms with Crippen LogP contribution in [0.15, 0.2) is 23.0 Å². The minimum absolute atomic E-state index is 0.0654. The standard InChI is InChI=1S/C15H19N3O5/c1-15(8-23-3,7-12(19)20)17-13(21)9-4-5-10-11(6-9)18(2)14(22)16-10/h4-6H,7-8H2,1-3H3,(H,16,22)(H,17,21)(H,19,20). The van der Waals surface area contributed by atoms with Gasteiger partial charge in [0.25, 0.3) is 5.91 Å². The minimum atomic E-state index is -1.03. The summed E-state index contributed by atoms with van der Waals surface area (Å²) in [5.41, 5.74) is 0.248. The molecule has 2 aromatic rings. The Morgan fingerprint density at radius 2 is 2.13 bits per heavy atom. The molecular formula is C15H19N3O5. The van der Waals surface area contributed by atoms with Crippen LogP contribution >= 0.6 is 0 Å². The van der Waals surface area contributed by atoms with Crippen LogP contribution in [0.1, 0.15) is 23.7 Å². The molecule has 0 saturated carbocycles. The highest BCUT2D eigenvalue weighted by atomic mass is 16.5. The number of amides is 1. The molecule has 1 amide bonds. The van der Waals surface area contributed by atoms with Crippen LogP contribution in [-0.4, -0.2) is 45.8 Å². The molecule has 0 spiro atoms. The van der Waals surface area contributed by atoms with E-state index < -0.39 is 17.4 Å². The summed E-state index contributed by atoms with van der Waals surface area (Å²) in [5, 5.41) is 11.7. The van der Waals surface area contributed by atoms with Crippen molar-refractivity contribution in [3.63, 3.8) is 0 Å². The topological polar surface area (TPSA) is 113 Å². The SMILES string of the molecule is COCC(C)(CC(=O)O)NC(=O)c1ccc2[nH]c(=O)n(C)c2c1. The third kappa shape index (κ3) is 3.59. The highest BCUT2D eigenvalue weighted by Gasteiger charge is 2.30. The number of rotatable bonds is 6. The molecular weight excluding hydrogens is 302 g/mol. The van der Waals surface area contributed by atoms with E-state index in [-0.39, 0.29) is 18.7 Å². The van der Waals surface area contributed by atoms with E-state index in [0.29, 0.717) is 16.6 Å². The van der Waals surface area contributed by atoms with Gasteiger partial charge in [0.2, 0.25) is 0 Å². The van der Waals surface area contributed by atoms with Crippen LogP contribution < -0.4 is 11.0 Å². The molecule has 23 heavy (non-hydrogen) atoms. The lowest BCUT2D eigenvalue weighted by Gasteiger charge is -2.28. The lowest BCUT2D eigenvalue weighted by Crippen LogP contribution is -2.50. The van der Waals surface area contributed by atoms with E-state index in [0.717, 1.165) is 0 Å². The number of H-pyrrole nitrogens is 1. The van der Waals surface area contributed by atoms with Crippen molar-refractivity contribution >= 4 is 22.9 Å². The molecule has 1 unspecified atom stereocenters. The third-order valence-electron chi connectivity index (χ3n) is 3.59. The van der Waals surface area contributed by atoms with Crippen LogP contribution in [0.2, 0.25) is 0 Å². The lowest BCUT2D eigenvalue weighted by molar-refractivity contribution is -0.139. The summed E-state index contributed by atoms with van der Waals surface area (Å²) >= 11 is 0. The zero-order chi connectivity index (χ0) is 17.2. The van der Waals surface area contributed by atoms with Crippen molar-refractivity contribution in [3.8, 4) is 0 Å². The van der Waals surface area contributed by atoms with Crippen LogP contribution in [0.5, 0.6) is 0 Å². The van der Waals surface area contributed by atoms with Crippen molar-refractivity contribution in [2.45, 2.75) is 18.9 Å². The lowest BCUT2D eigenvalue weighted by atomic mass is 9.98. The number of nitrogens with one attached hydrogen (secondary N) is 2. The average molecular weight is 321 g/mol. The van der Waals surface area contributed by atoms with E-state index in [2.05, 4.69) is 10.3 Å². The quantitative estimate of drug-likeness (QED) is 0.716. The van der Waals surface area contributed by atoms with E-state index in [4.69, 9.17) is 9.84 Å². The number of aromatic amines is 1. The summed E-state index contributed by atoms with van der Waals surface area (Å²) in [6.07, 6.45) is -0.266. The van der Waals surface area contributed by atoms with Gasteiger partial charge in [0.1, 0.15) is 0 Å². The maximum absolute atomic E-state index is 12.4. The number of carboxylic acid groups (broad SMARTS) is 1. The molecule has 1 aromatic carbocycles. The molecule has 124 valence electrons. The Morgan fingerprint density at radius 1 is 1.43 bits per heavy atom. The normalized spacial score (nSPS) is 13.7. The van der Waals surface area contributed by atoms with Crippen molar-refractivity contribution < 1.29 is 19.4 Å². The number of carbonyl (C=O) groups excluding carboxylic acids is 1. The van der Waals surface area contributed by atoms with Crippen LogP contribution in [0.25, 0.3) is 11.0 Å². The molecule has 1 atom stereocenters. The van der Waals surface area contributed by atoms with E-state index in [9.17, 15) is 14.4 Å². The number of fused-ring (bicyclic) bond motifs is 1. The minimum Gasteiger partial charge on any atom is -0.481 e. The summed E-state index contributed by atoms with van der Waals surface area (Å²) in [7, 11) is 3.04. The maximum Gasteiger partial charge on any atom is 0.326 e. The van der Waals surface area contributed by atoms with Crippen LogP contribution in [0, 0.1) is 0 Å². The number of benzene rings is 1. The Labute approximate surface area is 132 Å². The van der Waals surface area contributed by atoms with Gasteiger partial charge < -0.3 is 20.1 Å². The van der Waals surface area contributed by atoms with E-state index in [1.807, 2.05) is 0 Å². The Morgan fingerprint density at radius 3 is 2.74 bits per heavy atom. The smallest absolute Gasteiger partial charge is 0.326 e. The average Bonchev–Trinajstić information content (AvgIpc) is 2.72. The number of carboxylic acids is 1. The summed E-state index contributed by atoms with van der Waals surface area (Å²) in [6, 6.07) is 4.79. The molecule has 2 rings (SSSR count). The molecule has 8 heteroatoms. The molecule has 0 aliphatic heterocycles. The number of imidazole rings is 1. The zero-order valence-electron chi connectivity index (χ0n) is 13.2. The van der Waals surface area contributed by atoms with Gasteiger partial charge in [0.05, 0.1) is 29.6 Å². The fourth-order valence-corrected chi connectivity index (χ4v) is 2.49. The van der Waals surface area contributed by atoms with Gasteiger partial charge in [-0.2, -0.15) is 0 Å². The van der Waals surface area contributed by atoms with Crippen molar-refractivity contribution in [2.24, 2.45) is 7.05 Å². The molecule has 8 nitrogen and oxygen atoms in total. The molecule has 1 heterocycles. The van der Waals surface area contributed by atoms with Crippen LogP contribution in [-0.2, 0) is 16.6 Å². The molecule has 1 aromatic heterocycles. The first-order valence-corrected chi connectivity index (χ1v) is 6.98. The second kappa shape index (κ2) is 6.25. The van der Waals surface area contributed by atoms with E-state index >= 15 is 0 Å². The Hall–Kier alpha value is -2.61. The molecule has 0 aliphatic carbocycles. The van der Waals surface area contributed by atoms with E-state index in [1.165, 1.54) is 11.7 Å². The number of ether oxygens (including phenoxy) is 1. The van der Waals surface area contributed by atoms with Crippen molar-refractivity contribution in [2.75, 3.05) is 13.7 Å². The van der Waals surface area contributed by atoms with Crippen LogP contribution in [0.4, 0.5) is 0 Å². The highest BCUT2D eigenvalue weighted by Crippen LogP contribution is 2.15. The first kappa shape index (κ1) is 16.8. The number of aromatic nitrogens is 2. The van der Waals surface area contributed by atoms with Crippen LogP contribution in [0.3, 0.4) is 0 Å². The van der Waals surface area contributed by atoms with Gasteiger partial charge in [-0.1, -0.05) is 0 Å². The van der Waals surface area contributed by atoms with Gasteiger partial charge in [-0.05, 0) is 25.1 Å². The fourth-order valence-electron chi connectivity index (χ4n) is 2.49. The van der Waals surface area contributed by atoms with Gasteiger partial charge in [-0.3, -0.25) is 14.2 Å². The Kier molecular flexibility index (Phi) is 4.55. The van der Waals surface area contributed by atoms with Crippen molar-refractivity contribution in [1.82, 2.24) is 14.9 Å². The van der Waals surface area contributed by atoms with Crippen molar-refractivity contribution in [1.29, 1.82) is 0 Å². The van der Waals surface area contributed by atoms with E-state index in [1.54, 1.807) is 32.2 Å². The Balaban J connectivity index is 2.30. The second-order valence-corrected chi connectivity index (χ2v) is 5.74. The first-order valence-electron chi connectivity index (χ1n) is 6.98. The summed E-state index contributed by atoms with van der Waals surface area (Å²) in [5.74, 6) is -1.46. The van der Waals surface area contributed by atoms with Gasteiger partial charge >= 0.3 is 11.7 Å². The van der Waals surface area contributed by atoms with Gasteiger partial charge in [-0.15, -0.1) is 0 Å². The molecule has 0 saturated heterocycles. The number of nitrogens with zero attached hydrogens (tertiary/aromatic N) is 1. The van der Waals surface area contributed by atoms with Gasteiger partial charge in [0, 0.05) is 19.7 Å². The predicted octanol–water partition coefficient (Wildman–Crippen LogP) is 0.476. The second-order valence-electron chi connectivity index (χ2n) is 5.74. The largest absolute Gasteiger partial charge is 0.481 e. The number of methoxy groups -OCH3 is 1. The maximum atomic E-state index is 12.4. The molecule has 3 N–H and O–H groups in total. The summed E-state index contributed by atoms with van der Waals surface area (Å²) in [4.78, 5) is 37.6. The first-order chi connectivity index (χ1) is 10.8. The third-order valence-corrected chi connectivity index (χ3v) is 3.59. The highest BCUT2D eigenvalue weighted by molar-refractivity contribution is 5.98. The Bertz CT molecular complexity index is 807. The van der Waals surface area contributed by atoms with Gasteiger partial charge in [-0.25, -0.2) is 4.79 Å². The molecule has 0 fully saturated rings. The number of hydrogen-bond acceptors (Lipinski definition) is 4. The molecule has 0 aliphatic rings. The molecule has 0 radical (unpaired) electrons. The number of carbonyl (C=O) groups is 2. The summed E-state index contributed by atoms with van der Waals surface area (Å²) < 4.78 is 6.41. The fraction of sp³-hybridized carbons (Fsp3) is 0.400.